The molecule has 0 bridgehead atoms. The quantitative estimate of drug-likeness (QED) is 0.665. The first-order valence-electron chi connectivity index (χ1n) is 4.34. The van der Waals surface area contributed by atoms with E-state index in [-0.39, 0.29) is 18.0 Å². The van der Waals surface area contributed by atoms with Gasteiger partial charge in [0.2, 0.25) is 0 Å². The molecule has 1 saturated heterocycles. The second kappa shape index (κ2) is 2.60. The first-order valence-corrected chi connectivity index (χ1v) is 4.34. The second-order valence-corrected chi connectivity index (χ2v) is 3.91. The summed E-state index contributed by atoms with van der Waals surface area (Å²) in [6.45, 7) is 1.99. The van der Waals surface area contributed by atoms with Gasteiger partial charge in [-0.05, 0) is 12.8 Å². The van der Waals surface area contributed by atoms with E-state index in [0.29, 0.717) is 0 Å². The Hall–Kier alpha value is -0.280. The molecule has 68 valence electrons. The molecule has 0 aromatic carbocycles. The van der Waals surface area contributed by atoms with Crippen LogP contribution in [0.15, 0.2) is 5.16 Å². The third-order valence-electron chi connectivity index (χ3n) is 2.80. The zero-order valence-electron chi connectivity index (χ0n) is 6.88. The molecular formula is C8H13ClN2O. The summed E-state index contributed by atoms with van der Waals surface area (Å²) in [7, 11) is 0. The van der Waals surface area contributed by atoms with E-state index >= 15 is 0 Å². The van der Waals surface area contributed by atoms with Gasteiger partial charge in [0.05, 0.1) is 5.71 Å². The SMILES string of the molecule is C1CC1C1=NOC2(CNC2)C1.Cl. The fourth-order valence-electron chi connectivity index (χ4n) is 1.78. The summed E-state index contributed by atoms with van der Waals surface area (Å²) >= 11 is 0. The van der Waals surface area contributed by atoms with Crippen molar-refractivity contribution in [3.05, 3.63) is 0 Å². The van der Waals surface area contributed by atoms with Crippen LogP contribution in [0.3, 0.4) is 0 Å². The van der Waals surface area contributed by atoms with Crippen LogP contribution in [0.4, 0.5) is 0 Å². The average Bonchev–Trinajstić information content (AvgIpc) is 2.67. The summed E-state index contributed by atoms with van der Waals surface area (Å²) in [6, 6.07) is 0. The molecule has 1 saturated carbocycles. The van der Waals surface area contributed by atoms with Gasteiger partial charge in [-0.1, -0.05) is 5.16 Å². The Labute approximate surface area is 77.9 Å². The van der Waals surface area contributed by atoms with E-state index in [9.17, 15) is 0 Å². The van der Waals surface area contributed by atoms with Gasteiger partial charge in [0.25, 0.3) is 0 Å². The molecule has 0 aromatic heterocycles. The van der Waals surface area contributed by atoms with Gasteiger partial charge in [-0.3, -0.25) is 0 Å². The molecule has 3 nitrogen and oxygen atoms in total. The number of hydrogen-bond donors (Lipinski definition) is 1. The van der Waals surface area contributed by atoms with Gasteiger partial charge in [-0.25, -0.2) is 0 Å². The highest BCUT2D eigenvalue weighted by Gasteiger charge is 2.47. The van der Waals surface area contributed by atoms with Crippen molar-refractivity contribution in [2.24, 2.45) is 11.1 Å². The van der Waals surface area contributed by atoms with Crippen LogP contribution >= 0.6 is 12.4 Å². The van der Waals surface area contributed by atoms with E-state index in [2.05, 4.69) is 10.5 Å². The average molecular weight is 189 g/mol. The zero-order chi connectivity index (χ0) is 7.31. The Morgan fingerprint density at radius 2 is 2.17 bits per heavy atom. The largest absolute Gasteiger partial charge is 0.386 e. The molecule has 2 aliphatic heterocycles. The molecule has 0 unspecified atom stereocenters. The predicted octanol–water partition coefficient (Wildman–Crippen LogP) is 0.937. The molecule has 4 heteroatoms. The lowest BCUT2D eigenvalue weighted by molar-refractivity contribution is -0.0559. The number of oxime groups is 1. The van der Waals surface area contributed by atoms with Crippen LogP contribution in [0.5, 0.6) is 0 Å². The second-order valence-electron chi connectivity index (χ2n) is 3.91. The molecule has 2 heterocycles. The molecule has 3 rings (SSSR count). The van der Waals surface area contributed by atoms with Crippen molar-refractivity contribution in [3.63, 3.8) is 0 Å². The fourth-order valence-corrected chi connectivity index (χ4v) is 1.78. The van der Waals surface area contributed by atoms with E-state index in [1.807, 2.05) is 0 Å². The van der Waals surface area contributed by atoms with E-state index in [0.717, 1.165) is 25.4 Å². The molecule has 0 radical (unpaired) electrons. The van der Waals surface area contributed by atoms with Crippen molar-refractivity contribution in [1.29, 1.82) is 0 Å². The van der Waals surface area contributed by atoms with Crippen molar-refractivity contribution in [3.8, 4) is 0 Å². The molecule has 1 aliphatic carbocycles. The first kappa shape index (κ1) is 8.32. The zero-order valence-corrected chi connectivity index (χ0v) is 7.69. The summed E-state index contributed by atoms with van der Waals surface area (Å²) in [5.74, 6) is 0.787. The minimum Gasteiger partial charge on any atom is -0.386 e. The highest BCUT2D eigenvalue weighted by Crippen LogP contribution is 2.39. The minimum atomic E-state index is 0. The maximum atomic E-state index is 5.42. The fraction of sp³-hybridized carbons (Fsp3) is 0.875. The van der Waals surface area contributed by atoms with Gasteiger partial charge in [0, 0.05) is 25.4 Å². The van der Waals surface area contributed by atoms with Gasteiger partial charge < -0.3 is 10.2 Å². The first-order chi connectivity index (χ1) is 5.38. The van der Waals surface area contributed by atoms with Gasteiger partial charge in [0.15, 0.2) is 5.60 Å². The lowest BCUT2D eigenvalue weighted by atomic mass is 9.90. The maximum Gasteiger partial charge on any atom is 0.167 e. The number of nitrogens with zero attached hydrogens (tertiary/aromatic N) is 1. The smallest absolute Gasteiger partial charge is 0.167 e. The van der Waals surface area contributed by atoms with Gasteiger partial charge in [0.1, 0.15) is 0 Å². The lowest BCUT2D eigenvalue weighted by Crippen LogP contribution is -2.59. The third kappa shape index (κ3) is 1.12. The van der Waals surface area contributed by atoms with E-state index < -0.39 is 0 Å². The van der Waals surface area contributed by atoms with Crippen LogP contribution in [-0.2, 0) is 4.84 Å². The Bertz CT molecular complexity index is 221. The van der Waals surface area contributed by atoms with Crippen molar-refractivity contribution in [2.45, 2.75) is 24.9 Å². The normalized spacial score (nSPS) is 30.2. The predicted molar refractivity (Wildman–Crippen MR) is 48.7 cm³/mol. The van der Waals surface area contributed by atoms with Crippen LogP contribution < -0.4 is 5.32 Å². The van der Waals surface area contributed by atoms with Crippen LogP contribution in [0.25, 0.3) is 0 Å². The highest BCUT2D eigenvalue weighted by molar-refractivity contribution is 5.90. The number of hydrogen-bond acceptors (Lipinski definition) is 3. The molecule has 0 amide bonds. The van der Waals surface area contributed by atoms with Gasteiger partial charge in [-0.2, -0.15) is 0 Å². The molecule has 12 heavy (non-hydrogen) atoms. The highest BCUT2D eigenvalue weighted by atomic mass is 35.5. The Morgan fingerprint density at radius 3 is 2.58 bits per heavy atom. The van der Waals surface area contributed by atoms with E-state index in [1.165, 1.54) is 18.6 Å². The molecule has 0 aromatic rings. The number of nitrogens with one attached hydrogen (secondary N) is 1. The monoisotopic (exact) mass is 188 g/mol. The summed E-state index contributed by atoms with van der Waals surface area (Å²) in [4.78, 5) is 5.42. The van der Waals surface area contributed by atoms with Crippen molar-refractivity contribution in [1.82, 2.24) is 5.32 Å². The Balaban J connectivity index is 0.000000563. The molecule has 1 N–H and O–H groups in total. The maximum absolute atomic E-state index is 5.42. The lowest BCUT2D eigenvalue weighted by Gasteiger charge is -2.35. The molecule has 0 atom stereocenters. The summed E-state index contributed by atoms with van der Waals surface area (Å²) in [6.07, 6.45) is 3.77. The molecule has 2 fully saturated rings. The Morgan fingerprint density at radius 1 is 1.42 bits per heavy atom. The number of rotatable bonds is 1. The van der Waals surface area contributed by atoms with E-state index in [1.54, 1.807) is 0 Å². The van der Waals surface area contributed by atoms with Crippen molar-refractivity contribution in [2.75, 3.05) is 13.1 Å². The number of halogens is 1. The minimum absolute atomic E-state index is 0. The third-order valence-corrected chi connectivity index (χ3v) is 2.80. The standard InChI is InChI=1S/C8H12N2O.ClH/c1-2-6(1)7-3-8(11-10-7)4-9-5-8;/h6,9H,1-5H2;1H. The van der Waals surface area contributed by atoms with Crippen molar-refractivity contribution < 1.29 is 4.84 Å². The van der Waals surface area contributed by atoms with Crippen LogP contribution in [-0.4, -0.2) is 24.4 Å². The molecular weight excluding hydrogens is 176 g/mol. The summed E-state index contributed by atoms with van der Waals surface area (Å²) < 4.78 is 0. The molecule has 3 aliphatic rings. The van der Waals surface area contributed by atoms with Crippen LogP contribution in [0.1, 0.15) is 19.3 Å². The topological polar surface area (TPSA) is 33.6 Å². The van der Waals surface area contributed by atoms with Crippen LogP contribution in [0.2, 0.25) is 0 Å². The summed E-state index contributed by atoms with van der Waals surface area (Å²) in [5, 5.41) is 7.38. The van der Waals surface area contributed by atoms with Crippen molar-refractivity contribution >= 4 is 18.1 Å². The Kier molecular flexibility index (Phi) is 1.81. The van der Waals surface area contributed by atoms with Crippen LogP contribution in [0, 0.1) is 5.92 Å². The van der Waals surface area contributed by atoms with Gasteiger partial charge >= 0.3 is 0 Å². The summed E-state index contributed by atoms with van der Waals surface area (Å²) in [5.41, 5.74) is 1.42. The molecule has 1 spiro atoms. The van der Waals surface area contributed by atoms with Gasteiger partial charge in [-0.15, -0.1) is 12.4 Å². The van der Waals surface area contributed by atoms with E-state index in [4.69, 9.17) is 4.84 Å².